The zero-order valence-corrected chi connectivity index (χ0v) is 18.9. The van der Waals surface area contributed by atoms with Crippen LogP contribution in [0.2, 0.25) is 5.02 Å². The first kappa shape index (κ1) is 23.3. The Morgan fingerprint density at radius 3 is 2.38 bits per heavy atom. The van der Waals surface area contributed by atoms with Gasteiger partial charge in [0.15, 0.2) is 0 Å². The van der Waals surface area contributed by atoms with E-state index >= 15 is 0 Å². The number of nitrogens with zero attached hydrogens (tertiary/aromatic N) is 1. The molecule has 0 fully saturated rings. The molecule has 158 valence electrons. The summed E-state index contributed by atoms with van der Waals surface area (Å²) in [4.78, 5) is 14.9. The highest BCUT2D eigenvalue weighted by atomic mass is 35.5. The SMILES string of the molecule is Cc1ccc(S(=O)(=O)NC(C)C)cc1C(=O)NC[C@@H](c1ccccc1Cl)N(C)C. The number of hydrogen-bond acceptors (Lipinski definition) is 4. The number of nitrogens with one attached hydrogen (secondary N) is 2. The van der Waals surface area contributed by atoms with Gasteiger partial charge in [-0.3, -0.25) is 4.79 Å². The lowest BCUT2D eigenvalue weighted by Crippen LogP contribution is -2.35. The average Bonchev–Trinajstić information content (AvgIpc) is 2.62. The van der Waals surface area contributed by atoms with Crippen LogP contribution in [0, 0.1) is 6.92 Å². The predicted octanol–water partition coefficient (Wildman–Crippen LogP) is 3.37. The first-order chi connectivity index (χ1) is 13.5. The van der Waals surface area contributed by atoms with E-state index in [0.29, 0.717) is 22.7 Å². The van der Waals surface area contributed by atoms with Crippen LogP contribution in [0.3, 0.4) is 0 Å². The van der Waals surface area contributed by atoms with Crippen molar-refractivity contribution in [1.29, 1.82) is 0 Å². The summed E-state index contributed by atoms with van der Waals surface area (Å²) in [6, 6.07) is 11.7. The molecule has 0 aliphatic heterocycles. The van der Waals surface area contributed by atoms with Crippen LogP contribution in [-0.2, 0) is 10.0 Å². The lowest BCUT2D eigenvalue weighted by Gasteiger charge is -2.26. The van der Waals surface area contributed by atoms with Gasteiger partial charge in [0.2, 0.25) is 10.0 Å². The Hall–Kier alpha value is -1.93. The standard InChI is InChI=1S/C21H28ClN3O3S/c1-14(2)24-29(27,28)16-11-10-15(3)18(12-16)21(26)23-13-20(25(4)5)17-8-6-7-9-19(17)22/h6-12,14,20,24H,13H2,1-5H3,(H,23,26)/t20-/m0/s1. The number of amides is 1. The molecule has 0 spiro atoms. The lowest BCUT2D eigenvalue weighted by atomic mass is 10.0. The highest BCUT2D eigenvalue weighted by molar-refractivity contribution is 7.89. The molecular weight excluding hydrogens is 410 g/mol. The first-order valence-corrected chi connectivity index (χ1v) is 11.2. The minimum Gasteiger partial charge on any atom is -0.350 e. The van der Waals surface area contributed by atoms with Crippen molar-refractivity contribution < 1.29 is 13.2 Å². The van der Waals surface area contributed by atoms with E-state index in [1.165, 1.54) is 12.1 Å². The molecule has 0 aromatic heterocycles. The smallest absolute Gasteiger partial charge is 0.251 e. The van der Waals surface area contributed by atoms with Crippen molar-refractivity contribution in [2.45, 2.75) is 37.8 Å². The normalized spacial score (nSPS) is 13.0. The van der Waals surface area contributed by atoms with E-state index in [2.05, 4.69) is 10.0 Å². The second kappa shape index (κ2) is 9.71. The fourth-order valence-electron chi connectivity index (χ4n) is 2.99. The number of hydrogen-bond donors (Lipinski definition) is 2. The van der Waals surface area contributed by atoms with Crippen molar-refractivity contribution in [3.05, 3.63) is 64.2 Å². The largest absolute Gasteiger partial charge is 0.350 e. The average molecular weight is 438 g/mol. The van der Waals surface area contributed by atoms with E-state index < -0.39 is 10.0 Å². The Morgan fingerprint density at radius 2 is 1.79 bits per heavy atom. The van der Waals surface area contributed by atoms with Crippen LogP contribution < -0.4 is 10.0 Å². The number of benzene rings is 2. The molecule has 2 N–H and O–H groups in total. The highest BCUT2D eigenvalue weighted by Crippen LogP contribution is 2.25. The zero-order chi connectivity index (χ0) is 21.8. The Morgan fingerprint density at radius 1 is 1.14 bits per heavy atom. The van der Waals surface area contributed by atoms with Gasteiger partial charge in [-0.2, -0.15) is 0 Å². The molecule has 8 heteroatoms. The van der Waals surface area contributed by atoms with Gasteiger partial charge in [0.1, 0.15) is 0 Å². The van der Waals surface area contributed by atoms with Gasteiger partial charge < -0.3 is 10.2 Å². The van der Waals surface area contributed by atoms with Crippen LogP contribution in [0.1, 0.15) is 41.4 Å². The number of carbonyl (C=O) groups excluding carboxylic acids is 1. The molecule has 1 atom stereocenters. The number of rotatable bonds is 8. The monoisotopic (exact) mass is 437 g/mol. The van der Waals surface area contributed by atoms with Crippen molar-refractivity contribution in [2.24, 2.45) is 0 Å². The molecule has 0 radical (unpaired) electrons. The Balaban J connectivity index is 2.24. The van der Waals surface area contributed by atoms with Crippen LogP contribution in [-0.4, -0.2) is 45.9 Å². The van der Waals surface area contributed by atoms with E-state index in [1.807, 2.05) is 43.3 Å². The molecule has 0 aliphatic rings. The van der Waals surface area contributed by atoms with Gasteiger partial charge in [-0.1, -0.05) is 35.9 Å². The van der Waals surface area contributed by atoms with Gasteiger partial charge in [-0.05, 0) is 64.2 Å². The number of likely N-dealkylation sites (N-methyl/N-ethyl adjacent to an activating group) is 1. The minimum absolute atomic E-state index is 0.0669. The first-order valence-electron chi connectivity index (χ1n) is 9.35. The molecule has 0 aliphatic carbocycles. The molecule has 6 nitrogen and oxygen atoms in total. The predicted molar refractivity (Wildman–Crippen MR) is 117 cm³/mol. The maximum Gasteiger partial charge on any atom is 0.251 e. The Kier molecular flexibility index (Phi) is 7.82. The van der Waals surface area contributed by atoms with Gasteiger partial charge in [-0.15, -0.1) is 0 Å². The minimum atomic E-state index is -3.68. The molecule has 0 bridgehead atoms. The maximum absolute atomic E-state index is 12.8. The van der Waals surface area contributed by atoms with Crippen molar-refractivity contribution >= 4 is 27.5 Å². The molecule has 0 heterocycles. The maximum atomic E-state index is 12.8. The molecule has 2 aromatic carbocycles. The second-order valence-electron chi connectivity index (χ2n) is 7.46. The lowest BCUT2D eigenvalue weighted by molar-refractivity contribution is 0.0941. The van der Waals surface area contributed by atoms with Crippen molar-refractivity contribution in [3.8, 4) is 0 Å². The summed E-state index contributed by atoms with van der Waals surface area (Å²) in [6.45, 7) is 5.60. The van der Waals surface area contributed by atoms with Gasteiger partial charge in [0.05, 0.1) is 10.9 Å². The van der Waals surface area contributed by atoms with Crippen molar-refractivity contribution in [1.82, 2.24) is 14.9 Å². The number of sulfonamides is 1. The molecule has 0 saturated heterocycles. The van der Waals surface area contributed by atoms with E-state index in [9.17, 15) is 13.2 Å². The van der Waals surface area contributed by atoms with Crippen LogP contribution in [0.25, 0.3) is 0 Å². The summed E-state index contributed by atoms with van der Waals surface area (Å²) in [5.74, 6) is -0.331. The quantitative estimate of drug-likeness (QED) is 0.663. The summed E-state index contributed by atoms with van der Waals surface area (Å²) >= 11 is 6.32. The molecule has 0 saturated carbocycles. The third-order valence-electron chi connectivity index (χ3n) is 4.50. The Bertz CT molecular complexity index is 975. The summed E-state index contributed by atoms with van der Waals surface area (Å²) in [6.07, 6.45) is 0. The van der Waals surface area contributed by atoms with Crippen LogP contribution in [0.15, 0.2) is 47.4 Å². The molecule has 0 unspecified atom stereocenters. The third-order valence-corrected chi connectivity index (χ3v) is 6.50. The number of halogens is 1. The molecule has 29 heavy (non-hydrogen) atoms. The van der Waals surface area contributed by atoms with Crippen LogP contribution >= 0.6 is 11.6 Å². The summed E-state index contributed by atoms with van der Waals surface area (Å²) in [5, 5.41) is 3.54. The van der Waals surface area contributed by atoms with Gasteiger partial charge in [0.25, 0.3) is 5.91 Å². The number of aryl methyl sites for hydroxylation is 1. The molecule has 2 rings (SSSR count). The summed E-state index contributed by atoms with van der Waals surface area (Å²) < 4.78 is 27.4. The molecular formula is C21H28ClN3O3S. The van der Waals surface area contributed by atoms with Gasteiger partial charge in [-0.25, -0.2) is 13.1 Å². The fraction of sp³-hybridized carbons (Fsp3) is 0.381. The Labute approximate surface area is 178 Å². The van der Waals surface area contributed by atoms with E-state index in [1.54, 1.807) is 26.8 Å². The second-order valence-corrected chi connectivity index (χ2v) is 9.58. The fourth-order valence-corrected chi connectivity index (χ4v) is 4.53. The topological polar surface area (TPSA) is 78.5 Å². The van der Waals surface area contributed by atoms with Crippen molar-refractivity contribution in [3.63, 3.8) is 0 Å². The molecule has 2 aromatic rings. The van der Waals surface area contributed by atoms with E-state index in [0.717, 1.165) is 5.56 Å². The summed E-state index contributed by atoms with van der Waals surface area (Å²) in [7, 11) is 0.144. The van der Waals surface area contributed by atoms with E-state index in [-0.39, 0.29) is 22.9 Å². The van der Waals surface area contributed by atoms with Crippen LogP contribution in [0.4, 0.5) is 0 Å². The van der Waals surface area contributed by atoms with Gasteiger partial charge in [0, 0.05) is 23.2 Å². The number of carbonyl (C=O) groups is 1. The summed E-state index contributed by atoms with van der Waals surface area (Å²) in [5.41, 5.74) is 1.94. The zero-order valence-electron chi connectivity index (χ0n) is 17.4. The van der Waals surface area contributed by atoms with E-state index in [4.69, 9.17) is 11.6 Å². The molecule has 1 amide bonds. The van der Waals surface area contributed by atoms with Gasteiger partial charge >= 0.3 is 0 Å². The highest BCUT2D eigenvalue weighted by Gasteiger charge is 2.21. The van der Waals surface area contributed by atoms with Crippen LogP contribution in [0.5, 0.6) is 0 Å². The van der Waals surface area contributed by atoms with Crippen molar-refractivity contribution in [2.75, 3.05) is 20.6 Å². The third kappa shape index (κ3) is 6.02.